The van der Waals surface area contributed by atoms with E-state index >= 15 is 0 Å². The molecule has 1 aliphatic carbocycles. The highest BCUT2D eigenvalue weighted by Gasteiger charge is 2.28. The molecule has 0 atom stereocenters. The molecule has 0 spiro atoms. The van der Waals surface area contributed by atoms with Crippen LogP contribution in [0.15, 0.2) is 42.5 Å². The Bertz CT molecular complexity index is 827. The monoisotopic (exact) mass is 430 g/mol. The van der Waals surface area contributed by atoms with Crippen LogP contribution < -0.4 is 4.74 Å². The van der Waals surface area contributed by atoms with Crippen LogP contribution in [0, 0.1) is 17.6 Å². The molecule has 3 rings (SSSR count). The third-order valence-corrected chi connectivity index (χ3v) is 5.92. The molecule has 5 heteroatoms. The van der Waals surface area contributed by atoms with Gasteiger partial charge in [0.2, 0.25) is 0 Å². The van der Waals surface area contributed by atoms with Crippen LogP contribution in [0.1, 0.15) is 64.7 Å². The third-order valence-electron chi connectivity index (χ3n) is 5.92. The summed E-state index contributed by atoms with van der Waals surface area (Å²) in [5.41, 5.74) is 0.910. The molecule has 168 valence electrons. The molecule has 0 aromatic heterocycles. The van der Waals surface area contributed by atoms with Crippen LogP contribution in [0.2, 0.25) is 0 Å². The summed E-state index contributed by atoms with van der Waals surface area (Å²) in [6.07, 6.45) is 9.50. The standard InChI is InChI=1S/C26H32F2O3/c1-2-3-4-5-6-17-30-22-13-9-20(10-14-22)26(29)31-23-15-16-24(25(28)18-23)19-7-11-21(27)12-8-19/h7-8,11-12,15-16,18,20,22H,2-6,9-10,13-14,17H2,1H3. The second-order valence-electron chi connectivity index (χ2n) is 8.33. The number of esters is 1. The van der Waals surface area contributed by atoms with Crippen molar-refractivity contribution in [2.45, 2.75) is 70.8 Å². The lowest BCUT2D eigenvalue weighted by Gasteiger charge is -2.27. The van der Waals surface area contributed by atoms with E-state index in [1.165, 1.54) is 56.0 Å². The van der Waals surface area contributed by atoms with E-state index in [0.717, 1.165) is 38.7 Å². The zero-order valence-corrected chi connectivity index (χ0v) is 18.2. The minimum Gasteiger partial charge on any atom is -0.426 e. The Hall–Kier alpha value is -2.27. The predicted molar refractivity (Wildman–Crippen MR) is 118 cm³/mol. The molecular weight excluding hydrogens is 398 g/mol. The SMILES string of the molecule is CCCCCCCOC1CCC(C(=O)Oc2ccc(-c3ccc(F)cc3)c(F)c2)CC1. The highest BCUT2D eigenvalue weighted by molar-refractivity contribution is 5.75. The minimum absolute atomic E-state index is 0.177. The van der Waals surface area contributed by atoms with Crippen molar-refractivity contribution >= 4 is 5.97 Å². The number of hydrogen-bond donors (Lipinski definition) is 0. The third kappa shape index (κ3) is 7.13. The molecule has 0 saturated heterocycles. The van der Waals surface area contributed by atoms with Gasteiger partial charge in [-0.25, -0.2) is 8.78 Å². The van der Waals surface area contributed by atoms with Crippen molar-refractivity contribution in [3.05, 3.63) is 54.1 Å². The number of carbonyl (C=O) groups is 1. The van der Waals surface area contributed by atoms with Crippen LogP contribution in [0.4, 0.5) is 8.78 Å². The molecule has 2 aromatic rings. The van der Waals surface area contributed by atoms with E-state index in [1.54, 1.807) is 12.1 Å². The van der Waals surface area contributed by atoms with Crippen LogP contribution in [0.5, 0.6) is 5.75 Å². The molecule has 2 aromatic carbocycles. The van der Waals surface area contributed by atoms with Gasteiger partial charge in [0.1, 0.15) is 17.4 Å². The Labute approximate surface area is 183 Å². The molecular formula is C26H32F2O3. The Morgan fingerprint density at radius 3 is 2.32 bits per heavy atom. The Balaban J connectivity index is 1.43. The first-order valence-corrected chi connectivity index (χ1v) is 11.5. The number of unbranched alkanes of at least 4 members (excludes halogenated alkanes) is 4. The van der Waals surface area contributed by atoms with Crippen molar-refractivity contribution in [3.63, 3.8) is 0 Å². The molecule has 3 nitrogen and oxygen atoms in total. The van der Waals surface area contributed by atoms with Gasteiger partial charge in [-0.05, 0) is 61.9 Å². The summed E-state index contributed by atoms with van der Waals surface area (Å²) < 4.78 is 39.0. The number of rotatable bonds is 10. The Morgan fingerprint density at radius 1 is 0.935 bits per heavy atom. The first kappa shape index (κ1) is 23.4. The second kappa shape index (κ2) is 11.9. The van der Waals surface area contributed by atoms with E-state index in [9.17, 15) is 13.6 Å². The second-order valence-corrected chi connectivity index (χ2v) is 8.33. The Kier molecular flexibility index (Phi) is 9.01. The van der Waals surface area contributed by atoms with E-state index in [1.807, 2.05) is 0 Å². The molecule has 0 radical (unpaired) electrons. The normalized spacial score (nSPS) is 18.7. The molecule has 0 heterocycles. The van der Waals surface area contributed by atoms with Crippen molar-refractivity contribution in [2.24, 2.45) is 5.92 Å². The lowest BCUT2D eigenvalue weighted by molar-refractivity contribution is -0.141. The van der Waals surface area contributed by atoms with Gasteiger partial charge in [0.05, 0.1) is 12.0 Å². The summed E-state index contributed by atoms with van der Waals surface area (Å²) >= 11 is 0. The molecule has 1 saturated carbocycles. The predicted octanol–water partition coefficient (Wildman–Crippen LogP) is 7.08. The summed E-state index contributed by atoms with van der Waals surface area (Å²) in [6, 6.07) is 9.95. The summed E-state index contributed by atoms with van der Waals surface area (Å²) in [5, 5.41) is 0. The fourth-order valence-corrected chi connectivity index (χ4v) is 4.04. The van der Waals surface area contributed by atoms with E-state index in [0.29, 0.717) is 11.1 Å². The van der Waals surface area contributed by atoms with Gasteiger partial charge >= 0.3 is 5.97 Å². The maximum atomic E-state index is 14.5. The number of benzene rings is 2. The molecule has 0 amide bonds. The van der Waals surface area contributed by atoms with Gasteiger partial charge in [0, 0.05) is 18.2 Å². The summed E-state index contributed by atoms with van der Waals surface area (Å²) in [6.45, 7) is 3.00. The van der Waals surface area contributed by atoms with Crippen molar-refractivity contribution in [2.75, 3.05) is 6.61 Å². The van der Waals surface area contributed by atoms with Crippen LogP contribution in [0.25, 0.3) is 11.1 Å². The highest BCUT2D eigenvalue weighted by Crippen LogP contribution is 2.30. The number of carbonyl (C=O) groups excluding carboxylic acids is 1. The van der Waals surface area contributed by atoms with Gasteiger partial charge < -0.3 is 9.47 Å². The average Bonchev–Trinajstić information content (AvgIpc) is 2.77. The number of ether oxygens (including phenoxy) is 2. The first-order chi connectivity index (χ1) is 15.1. The average molecular weight is 431 g/mol. The van der Waals surface area contributed by atoms with E-state index in [2.05, 4.69) is 6.92 Å². The minimum atomic E-state index is -0.507. The largest absolute Gasteiger partial charge is 0.426 e. The molecule has 0 aliphatic heterocycles. The zero-order chi connectivity index (χ0) is 22.1. The highest BCUT2D eigenvalue weighted by atomic mass is 19.1. The van der Waals surface area contributed by atoms with Gasteiger partial charge in [-0.3, -0.25) is 4.79 Å². The molecule has 0 unspecified atom stereocenters. The number of hydrogen-bond acceptors (Lipinski definition) is 3. The van der Waals surface area contributed by atoms with Crippen molar-refractivity contribution in [1.29, 1.82) is 0 Å². The van der Waals surface area contributed by atoms with Crippen molar-refractivity contribution in [3.8, 4) is 16.9 Å². The maximum absolute atomic E-state index is 14.5. The van der Waals surface area contributed by atoms with Gasteiger partial charge in [-0.15, -0.1) is 0 Å². The quantitative estimate of drug-likeness (QED) is 0.229. The summed E-state index contributed by atoms with van der Waals surface area (Å²) in [7, 11) is 0. The zero-order valence-electron chi connectivity index (χ0n) is 18.2. The van der Waals surface area contributed by atoms with E-state index in [4.69, 9.17) is 9.47 Å². The van der Waals surface area contributed by atoms with E-state index in [-0.39, 0.29) is 29.6 Å². The Morgan fingerprint density at radius 2 is 1.65 bits per heavy atom. The molecule has 31 heavy (non-hydrogen) atoms. The molecule has 1 aliphatic rings. The summed E-state index contributed by atoms with van der Waals surface area (Å²) in [5.74, 6) is -1.18. The summed E-state index contributed by atoms with van der Waals surface area (Å²) in [4.78, 5) is 12.5. The van der Waals surface area contributed by atoms with Crippen molar-refractivity contribution in [1.82, 2.24) is 0 Å². The lowest BCUT2D eigenvalue weighted by atomic mass is 9.87. The van der Waals surface area contributed by atoms with Gasteiger partial charge in [0.25, 0.3) is 0 Å². The maximum Gasteiger partial charge on any atom is 0.314 e. The fourth-order valence-electron chi connectivity index (χ4n) is 4.04. The van der Waals surface area contributed by atoms with Crippen molar-refractivity contribution < 1.29 is 23.0 Å². The fraction of sp³-hybridized carbons (Fsp3) is 0.500. The van der Waals surface area contributed by atoms with Crippen LogP contribution in [-0.2, 0) is 9.53 Å². The topological polar surface area (TPSA) is 35.5 Å². The van der Waals surface area contributed by atoms with Crippen LogP contribution in [-0.4, -0.2) is 18.7 Å². The molecule has 1 fully saturated rings. The van der Waals surface area contributed by atoms with Gasteiger partial charge in [-0.1, -0.05) is 44.7 Å². The van der Waals surface area contributed by atoms with Crippen LogP contribution >= 0.6 is 0 Å². The van der Waals surface area contributed by atoms with Gasteiger partial charge in [0.15, 0.2) is 0 Å². The first-order valence-electron chi connectivity index (χ1n) is 11.5. The van der Waals surface area contributed by atoms with E-state index < -0.39 is 5.82 Å². The molecule has 0 N–H and O–H groups in total. The smallest absolute Gasteiger partial charge is 0.314 e. The van der Waals surface area contributed by atoms with Gasteiger partial charge in [-0.2, -0.15) is 0 Å². The molecule has 0 bridgehead atoms. The van der Waals surface area contributed by atoms with Crippen LogP contribution in [0.3, 0.4) is 0 Å². The lowest BCUT2D eigenvalue weighted by Crippen LogP contribution is -2.29. The number of halogens is 2.